The smallest absolute Gasteiger partial charge is 0.180 e. The number of hydrogen-bond acceptors (Lipinski definition) is 1. The molecule has 0 heterocycles. The van der Waals surface area contributed by atoms with E-state index in [1.54, 1.807) is 0 Å². The van der Waals surface area contributed by atoms with Crippen LogP contribution in [0.1, 0.15) is 10.4 Å². The largest absolute Gasteiger partial charge is 0.298 e. The van der Waals surface area contributed by atoms with Crippen LogP contribution in [-0.4, -0.2) is 6.29 Å². The van der Waals surface area contributed by atoms with E-state index in [4.69, 9.17) is 11.6 Å². The van der Waals surface area contributed by atoms with Crippen molar-refractivity contribution in [2.45, 2.75) is 0 Å². The highest BCUT2D eigenvalue weighted by Gasteiger charge is 2.16. The molecular formula is C7H2ClF3O. The molecule has 1 aromatic rings. The first kappa shape index (κ1) is 9.06. The van der Waals surface area contributed by atoms with Crippen molar-refractivity contribution in [3.63, 3.8) is 0 Å². The Kier molecular flexibility index (Phi) is 2.38. The predicted octanol–water partition coefficient (Wildman–Crippen LogP) is 2.57. The van der Waals surface area contributed by atoms with Crippen molar-refractivity contribution in [1.29, 1.82) is 0 Å². The molecule has 0 saturated heterocycles. The second kappa shape index (κ2) is 3.15. The van der Waals surface area contributed by atoms with Crippen molar-refractivity contribution >= 4 is 17.9 Å². The summed E-state index contributed by atoms with van der Waals surface area (Å²) in [5, 5.41) is -1.00. The van der Waals surface area contributed by atoms with Crippen LogP contribution in [-0.2, 0) is 0 Å². The first-order valence-electron chi connectivity index (χ1n) is 2.86. The molecule has 1 rings (SSSR count). The maximum atomic E-state index is 12.7. The van der Waals surface area contributed by atoms with E-state index in [0.717, 1.165) is 0 Å². The third-order valence-electron chi connectivity index (χ3n) is 1.26. The summed E-state index contributed by atoms with van der Waals surface area (Å²) in [7, 11) is 0. The molecule has 1 nitrogen and oxygen atoms in total. The van der Waals surface area contributed by atoms with Crippen LogP contribution >= 0.6 is 11.6 Å². The Bertz CT molecular complexity index is 338. The molecule has 0 aromatic heterocycles. The average Bonchev–Trinajstić information content (AvgIpc) is 2.08. The van der Waals surface area contributed by atoms with E-state index < -0.39 is 28.0 Å². The summed E-state index contributed by atoms with van der Waals surface area (Å²) in [6.07, 6.45) is 0.0593. The number of hydrogen-bond donors (Lipinski definition) is 0. The summed E-state index contributed by atoms with van der Waals surface area (Å²) < 4.78 is 37.5. The SMILES string of the molecule is O=Cc1cc(F)c(F)c(Cl)c1F. The Balaban J connectivity index is 3.49. The van der Waals surface area contributed by atoms with Gasteiger partial charge in [0, 0.05) is 0 Å². The lowest BCUT2D eigenvalue weighted by molar-refractivity contribution is 0.111. The summed E-state index contributed by atoms with van der Waals surface area (Å²) in [4.78, 5) is 10.1. The van der Waals surface area contributed by atoms with Gasteiger partial charge in [-0.15, -0.1) is 0 Å². The molecule has 64 valence electrons. The normalized spacial score (nSPS) is 10.0. The fourth-order valence-electron chi connectivity index (χ4n) is 0.677. The van der Waals surface area contributed by atoms with Crippen molar-refractivity contribution in [2.75, 3.05) is 0 Å². The van der Waals surface area contributed by atoms with Gasteiger partial charge in [-0.3, -0.25) is 4.79 Å². The van der Waals surface area contributed by atoms with Crippen molar-refractivity contribution in [3.8, 4) is 0 Å². The van der Waals surface area contributed by atoms with Crippen molar-refractivity contribution in [2.24, 2.45) is 0 Å². The molecule has 0 spiro atoms. The Hall–Kier alpha value is -1.03. The van der Waals surface area contributed by atoms with Gasteiger partial charge in [-0.25, -0.2) is 13.2 Å². The highest BCUT2D eigenvalue weighted by atomic mass is 35.5. The summed E-state index contributed by atoms with van der Waals surface area (Å²) in [6.45, 7) is 0. The average molecular weight is 195 g/mol. The van der Waals surface area contributed by atoms with Crippen LogP contribution < -0.4 is 0 Å². The van der Waals surface area contributed by atoms with E-state index >= 15 is 0 Å². The minimum atomic E-state index is -1.49. The molecule has 0 aliphatic carbocycles. The van der Waals surface area contributed by atoms with Crippen LogP contribution in [0, 0.1) is 17.5 Å². The monoisotopic (exact) mass is 194 g/mol. The summed E-state index contributed by atoms with van der Waals surface area (Å²) in [5.41, 5.74) is -0.598. The van der Waals surface area contributed by atoms with Gasteiger partial charge in [-0.05, 0) is 6.07 Å². The standard InChI is InChI=1S/C7H2ClF3O/c8-5-6(10)3(2-12)1-4(9)7(5)11/h1-2H. The molecule has 0 saturated carbocycles. The predicted molar refractivity (Wildman–Crippen MR) is 36.7 cm³/mol. The maximum Gasteiger partial charge on any atom is 0.180 e. The first-order chi connectivity index (χ1) is 5.57. The lowest BCUT2D eigenvalue weighted by Crippen LogP contribution is -1.95. The Morgan fingerprint density at radius 1 is 1.25 bits per heavy atom. The fraction of sp³-hybridized carbons (Fsp3) is 0. The molecular weight excluding hydrogens is 193 g/mol. The van der Waals surface area contributed by atoms with Gasteiger partial charge in [0.2, 0.25) is 0 Å². The summed E-state index contributed by atoms with van der Waals surface area (Å²) in [6, 6.07) is 0.448. The van der Waals surface area contributed by atoms with Crippen LogP contribution in [0.4, 0.5) is 13.2 Å². The molecule has 0 unspecified atom stereocenters. The van der Waals surface area contributed by atoms with Gasteiger partial charge in [0.05, 0.1) is 5.56 Å². The Morgan fingerprint density at radius 2 is 1.83 bits per heavy atom. The van der Waals surface area contributed by atoms with E-state index in [-0.39, 0.29) is 6.29 Å². The molecule has 12 heavy (non-hydrogen) atoms. The highest BCUT2D eigenvalue weighted by Crippen LogP contribution is 2.23. The van der Waals surface area contributed by atoms with Gasteiger partial charge in [0.1, 0.15) is 5.02 Å². The van der Waals surface area contributed by atoms with Crippen molar-refractivity contribution < 1.29 is 18.0 Å². The van der Waals surface area contributed by atoms with Gasteiger partial charge in [-0.2, -0.15) is 0 Å². The van der Waals surface area contributed by atoms with Crippen LogP contribution in [0.15, 0.2) is 6.07 Å². The lowest BCUT2D eigenvalue weighted by Gasteiger charge is -1.99. The van der Waals surface area contributed by atoms with Crippen LogP contribution in [0.2, 0.25) is 5.02 Å². The quantitative estimate of drug-likeness (QED) is 0.382. The van der Waals surface area contributed by atoms with E-state index in [9.17, 15) is 18.0 Å². The summed E-state index contributed by atoms with van der Waals surface area (Å²) >= 11 is 5.02. The minimum Gasteiger partial charge on any atom is -0.298 e. The molecule has 0 atom stereocenters. The maximum absolute atomic E-state index is 12.7. The van der Waals surface area contributed by atoms with Gasteiger partial charge in [0.25, 0.3) is 0 Å². The van der Waals surface area contributed by atoms with Gasteiger partial charge in [-0.1, -0.05) is 11.6 Å². The number of carbonyl (C=O) groups is 1. The number of aldehydes is 1. The van der Waals surface area contributed by atoms with Crippen molar-refractivity contribution in [3.05, 3.63) is 34.1 Å². The summed E-state index contributed by atoms with van der Waals surface area (Å²) in [5.74, 6) is -4.08. The molecule has 1 aromatic carbocycles. The van der Waals surface area contributed by atoms with Crippen molar-refractivity contribution in [1.82, 2.24) is 0 Å². The number of halogens is 4. The lowest BCUT2D eigenvalue weighted by atomic mass is 10.2. The molecule has 0 amide bonds. The second-order valence-electron chi connectivity index (χ2n) is 2.01. The van der Waals surface area contributed by atoms with E-state index in [2.05, 4.69) is 0 Å². The van der Waals surface area contributed by atoms with Gasteiger partial charge < -0.3 is 0 Å². The van der Waals surface area contributed by atoms with Crippen LogP contribution in [0.3, 0.4) is 0 Å². The van der Waals surface area contributed by atoms with E-state index in [1.165, 1.54) is 0 Å². The number of benzene rings is 1. The first-order valence-corrected chi connectivity index (χ1v) is 3.24. The second-order valence-corrected chi connectivity index (χ2v) is 2.39. The molecule has 0 bridgehead atoms. The Labute approximate surface area is 70.8 Å². The molecule has 0 N–H and O–H groups in total. The van der Waals surface area contributed by atoms with Gasteiger partial charge >= 0.3 is 0 Å². The van der Waals surface area contributed by atoms with Crippen LogP contribution in [0.5, 0.6) is 0 Å². The number of carbonyl (C=O) groups excluding carboxylic acids is 1. The topological polar surface area (TPSA) is 17.1 Å². The number of rotatable bonds is 1. The Morgan fingerprint density at radius 3 is 2.33 bits per heavy atom. The molecule has 0 aliphatic heterocycles. The van der Waals surface area contributed by atoms with Crippen LogP contribution in [0.25, 0.3) is 0 Å². The minimum absolute atomic E-state index is 0.0593. The molecule has 5 heteroatoms. The zero-order valence-corrected chi connectivity index (χ0v) is 6.33. The highest BCUT2D eigenvalue weighted by molar-refractivity contribution is 6.31. The third kappa shape index (κ3) is 1.30. The van der Waals surface area contributed by atoms with E-state index in [0.29, 0.717) is 6.07 Å². The fourth-order valence-corrected chi connectivity index (χ4v) is 0.876. The molecule has 0 fully saturated rings. The molecule has 0 radical (unpaired) electrons. The van der Waals surface area contributed by atoms with E-state index in [1.807, 2.05) is 0 Å². The van der Waals surface area contributed by atoms with Gasteiger partial charge in [0.15, 0.2) is 23.7 Å². The zero-order valence-electron chi connectivity index (χ0n) is 5.57. The zero-order chi connectivity index (χ0) is 9.30. The molecule has 0 aliphatic rings. The third-order valence-corrected chi connectivity index (χ3v) is 1.59.